The van der Waals surface area contributed by atoms with Crippen molar-refractivity contribution in [2.24, 2.45) is 11.8 Å². The fraction of sp³-hybridized carbons (Fsp3) is 0.846. The van der Waals surface area contributed by atoms with Gasteiger partial charge >= 0.3 is 0 Å². The highest BCUT2D eigenvalue weighted by Crippen LogP contribution is 2.18. The standard InChI is InChI=1S/C13H24N2O3/c1-10(2)13(18)15-7-4-11(5-8-15)12(17)14-6-3-9-16/h10-11,16H,3-9H2,1-2H3,(H,14,17). The number of likely N-dealkylation sites (tertiary alicyclic amines) is 1. The van der Waals surface area contributed by atoms with Gasteiger partial charge in [-0.2, -0.15) is 0 Å². The average molecular weight is 256 g/mol. The third kappa shape index (κ3) is 4.29. The Bertz CT molecular complexity index is 284. The van der Waals surface area contributed by atoms with E-state index in [1.807, 2.05) is 18.7 Å². The summed E-state index contributed by atoms with van der Waals surface area (Å²) in [7, 11) is 0. The summed E-state index contributed by atoms with van der Waals surface area (Å²) in [5, 5.41) is 11.5. The SMILES string of the molecule is CC(C)C(=O)N1CCC(C(=O)NCCCO)CC1. The quantitative estimate of drug-likeness (QED) is 0.699. The van der Waals surface area contributed by atoms with E-state index < -0.39 is 0 Å². The molecule has 1 rings (SSSR count). The van der Waals surface area contributed by atoms with Gasteiger partial charge in [0.05, 0.1) is 0 Å². The zero-order valence-electron chi connectivity index (χ0n) is 11.3. The van der Waals surface area contributed by atoms with Crippen LogP contribution in [-0.4, -0.2) is 48.1 Å². The molecule has 0 aromatic heterocycles. The molecule has 1 aliphatic heterocycles. The van der Waals surface area contributed by atoms with Crippen molar-refractivity contribution in [1.82, 2.24) is 10.2 Å². The predicted molar refractivity (Wildman–Crippen MR) is 68.9 cm³/mol. The largest absolute Gasteiger partial charge is 0.396 e. The molecule has 0 atom stereocenters. The smallest absolute Gasteiger partial charge is 0.225 e. The maximum Gasteiger partial charge on any atom is 0.225 e. The van der Waals surface area contributed by atoms with Crippen LogP contribution in [0.4, 0.5) is 0 Å². The van der Waals surface area contributed by atoms with E-state index in [1.54, 1.807) is 0 Å². The first-order chi connectivity index (χ1) is 8.56. The molecule has 5 heteroatoms. The number of amides is 2. The van der Waals surface area contributed by atoms with Gasteiger partial charge < -0.3 is 15.3 Å². The molecule has 0 aromatic carbocycles. The lowest BCUT2D eigenvalue weighted by Gasteiger charge is -2.32. The van der Waals surface area contributed by atoms with Gasteiger partial charge in [0.15, 0.2) is 0 Å². The lowest BCUT2D eigenvalue weighted by Crippen LogP contribution is -2.44. The first-order valence-electron chi connectivity index (χ1n) is 6.73. The summed E-state index contributed by atoms with van der Waals surface area (Å²) in [6.07, 6.45) is 2.07. The van der Waals surface area contributed by atoms with E-state index >= 15 is 0 Å². The Hall–Kier alpha value is -1.10. The summed E-state index contributed by atoms with van der Waals surface area (Å²) in [5.41, 5.74) is 0. The van der Waals surface area contributed by atoms with E-state index in [0.29, 0.717) is 26.1 Å². The Morgan fingerprint density at radius 1 is 1.33 bits per heavy atom. The van der Waals surface area contributed by atoms with E-state index in [1.165, 1.54) is 0 Å². The second-order valence-corrected chi connectivity index (χ2v) is 5.12. The van der Waals surface area contributed by atoms with Crippen LogP contribution < -0.4 is 5.32 Å². The molecule has 104 valence electrons. The van der Waals surface area contributed by atoms with Crippen molar-refractivity contribution >= 4 is 11.8 Å². The van der Waals surface area contributed by atoms with Crippen LogP contribution >= 0.6 is 0 Å². The Kier molecular flexibility index (Phi) is 6.12. The molecular formula is C13H24N2O3. The van der Waals surface area contributed by atoms with Crippen molar-refractivity contribution in [3.63, 3.8) is 0 Å². The second kappa shape index (κ2) is 7.36. The maximum atomic E-state index is 11.8. The van der Waals surface area contributed by atoms with E-state index in [2.05, 4.69) is 5.32 Å². The van der Waals surface area contributed by atoms with Gasteiger partial charge in [-0.25, -0.2) is 0 Å². The number of aliphatic hydroxyl groups is 1. The second-order valence-electron chi connectivity index (χ2n) is 5.12. The molecule has 5 nitrogen and oxygen atoms in total. The summed E-state index contributed by atoms with van der Waals surface area (Å²) in [6, 6.07) is 0. The summed E-state index contributed by atoms with van der Waals surface area (Å²) in [4.78, 5) is 25.4. The Balaban J connectivity index is 2.30. The minimum absolute atomic E-state index is 0.0138. The number of carbonyl (C=O) groups excluding carboxylic acids is 2. The number of rotatable bonds is 5. The lowest BCUT2D eigenvalue weighted by atomic mass is 9.95. The Morgan fingerprint density at radius 3 is 2.44 bits per heavy atom. The number of nitrogens with one attached hydrogen (secondary N) is 1. The molecule has 1 aliphatic rings. The summed E-state index contributed by atoms with van der Waals surface area (Å²) in [6.45, 7) is 5.78. The van der Waals surface area contributed by atoms with Crippen LogP contribution in [0, 0.1) is 11.8 Å². The summed E-state index contributed by atoms with van der Waals surface area (Å²) in [5.74, 6) is 0.272. The maximum absolute atomic E-state index is 11.8. The van der Waals surface area contributed by atoms with Crippen LogP contribution in [0.1, 0.15) is 33.1 Å². The van der Waals surface area contributed by atoms with Crippen LogP contribution in [0.2, 0.25) is 0 Å². The Labute approximate surface area is 109 Å². The van der Waals surface area contributed by atoms with Gasteiger partial charge in [-0.3, -0.25) is 9.59 Å². The van der Waals surface area contributed by atoms with Crippen molar-refractivity contribution in [3.8, 4) is 0 Å². The third-order valence-electron chi connectivity index (χ3n) is 3.31. The molecule has 0 saturated carbocycles. The van der Waals surface area contributed by atoms with Crippen molar-refractivity contribution in [2.75, 3.05) is 26.2 Å². The van der Waals surface area contributed by atoms with Crippen LogP contribution in [0.25, 0.3) is 0 Å². The molecule has 2 amide bonds. The van der Waals surface area contributed by atoms with Gasteiger partial charge in [0.25, 0.3) is 0 Å². The number of hydrogen-bond acceptors (Lipinski definition) is 3. The highest BCUT2D eigenvalue weighted by molar-refractivity contribution is 5.80. The molecule has 0 aromatic rings. The number of aliphatic hydroxyl groups excluding tert-OH is 1. The van der Waals surface area contributed by atoms with Gasteiger partial charge in [-0.1, -0.05) is 13.8 Å². The highest BCUT2D eigenvalue weighted by Gasteiger charge is 2.27. The molecule has 2 N–H and O–H groups in total. The van der Waals surface area contributed by atoms with E-state index in [4.69, 9.17) is 5.11 Å². The molecule has 0 aliphatic carbocycles. The molecule has 0 bridgehead atoms. The lowest BCUT2D eigenvalue weighted by molar-refractivity contribution is -0.138. The fourth-order valence-corrected chi connectivity index (χ4v) is 2.16. The first kappa shape index (κ1) is 15.0. The molecule has 1 saturated heterocycles. The van der Waals surface area contributed by atoms with Crippen LogP contribution in [0.3, 0.4) is 0 Å². The van der Waals surface area contributed by atoms with Gasteiger partial charge in [0.2, 0.25) is 11.8 Å². The van der Waals surface area contributed by atoms with E-state index in [0.717, 1.165) is 12.8 Å². The number of piperidine rings is 1. The minimum Gasteiger partial charge on any atom is -0.396 e. The zero-order valence-corrected chi connectivity index (χ0v) is 11.3. The summed E-state index contributed by atoms with van der Waals surface area (Å²) < 4.78 is 0. The van der Waals surface area contributed by atoms with Crippen LogP contribution in [0.5, 0.6) is 0 Å². The van der Waals surface area contributed by atoms with Crippen molar-refractivity contribution < 1.29 is 14.7 Å². The molecule has 1 fully saturated rings. The monoisotopic (exact) mass is 256 g/mol. The van der Waals surface area contributed by atoms with Crippen LogP contribution in [-0.2, 0) is 9.59 Å². The average Bonchev–Trinajstić information content (AvgIpc) is 2.38. The number of hydrogen-bond donors (Lipinski definition) is 2. The molecule has 0 radical (unpaired) electrons. The minimum atomic E-state index is 0.0138. The molecule has 18 heavy (non-hydrogen) atoms. The molecular weight excluding hydrogens is 232 g/mol. The molecule has 0 spiro atoms. The van der Waals surface area contributed by atoms with Gasteiger partial charge in [0.1, 0.15) is 0 Å². The van der Waals surface area contributed by atoms with Gasteiger partial charge in [-0.05, 0) is 19.3 Å². The van der Waals surface area contributed by atoms with Gasteiger partial charge in [0, 0.05) is 38.1 Å². The number of nitrogens with zero attached hydrogens (tertiary/aromatic N) is 1. The topological polar surface area (TPSA) is 69.6 Å². The fourth-order valence-electron chi connectivity index (χ4n) is 2.16. The zero-order chi connectivity index (χ0) is 13.5. The molecule has 0 unspecified atom stereocenters. The predicted octanol–water partition coefficient (Wildman–Crippen LogP) is 0.380. The Morgan fingerprint density at radius 2 is 1.94 bits per heavy atom. The number of carbonyl (C=O) groups is 2. The highest BCUT2D eigenvalue weighted by atomic mass is 16.3. The normalized spacial score (nSPS) is 17.0. The first-order valence-corrected chi connectivity index (χ1v) is 6.73. The summed E-state index contributed by atoms with van der Waals surface area (Å²) >= 11 is 0. The third-order valence-corrected chi connectivity index (χ3v) is 3.31. The molecule has 1 heterocycles. The van der Waals surface area contributed by atoms with E-state index in [-0.39, 0.29) is 30.3 Å². The van der Waals surface area contributed by atoms with E-state index in [9.17, 15) is 9.59 Å². The van der Waals surface area contributed by atoms with Crippen molar-refractivity contribution in [2.45, 2.75) is 33.1 Å². The van der Waals surface area contributed by atoms with Crippen molar-refractivity contribution in [1.29, 1.82) is 0 Å². The van der Waals surface area contributed by atoms with Crippen molar-refractivity contribution in [3.05, 3.63) is 0 Å². The van der Waals surface area contributed by atoms with Crippen LogP contribution in [0.15, 0.2) is 0 Å². The van der Waals surface area contributed by atoms with Gasteiger partial charge in [-0.15, -0.1) is 0 Å².